The number of alkyl halides is 3. The molecule has 1 aromatic heterocycles. The molecule has 1 N–H and O–H groups in total. The topological polar surface area (TPSA) is 62.3 Å². The minimum Gasteiger partial charge on any atom is -0.352 e. The van der Waals surface area contributed by atoms with Crippen molar-refractivity contribution >= 4 is 23.0 Å². The summed E-state index contributed by atoms with van der Waals surface area (Å²) in [4.78, 5) is 33.4. The molecule has 2 atom stereocenters. The highest BCUT2D eigenvalue weighted by Crippen LogP contribution is 2.33. The minimum atomic E-state index is -4.42. The lowest BCUT2D eigenvalue weighted by atomic mass is 9.90. The molecule has 5 nitrogen and oxygen atoms in total. The van der Waals surface area contributed by atoms with E-state index < -0.39 is 11.7 Å². The number of ketones is 1. The van der Waals surface area contributed by atoms with Gasteiger partial charge in [-0.1, -0.05) is 67.6 Å². The molecular weight excluding hydrogens is 583 g/mol. The van der Waals surface area contributed by atoms with Crippen molar-refractivity contribution in [2.75, 3.05) is 19.6 Å². The van der Waals surface area contributed by atoms with Gasteiger partial charge in [0.1, 0.15) is 5.69 Å². The predicted octanol–water partition coefficient (Wildman–Crippen LogP) is 8.41. The third kappa shape index (κ3) is 7.45. The maximum atomic E-state index is 13.3. The van der Waals surface area contributed by atoms with E-state index in [2.05, 4.69) is 46.4 Å². The van der Waals surface area contributed by atoms with Gasteiger partial charge in [-0.25, -0.2) is 4.98 Å². The highest BCUT2D eigenvalue weighted by molar-refractivity contribution is 7.09. The first-order valence-corrected chi connectivity index (χ1v) is 15.8. The number of nitrogens with one attached hydrogen (secondary N) is 1. The van der Waals surface area contributed by atoms with Gasteiger partial charge >= 0.3 is 6.18 Å². The van der Waals surface area contributed by atoms with E-state index in [-0.39, 0.29) is 23.5 Å². The lowest BCUT2D eigenvalue weighted by Gasteiger charge is -2.35. The number of amides is 1. The molecule has 1 aliphatic rings. The highest BCUT2D eigenvalue weighted by atomic mass is 32.1. The first-order valence-electron chi connectivity index (χ1n) is 14.9. The molecule has 0 aliphatic carbocycles. The van der Waals surface area contributed by atoms with Crippen LogP contribution in [0, 0.1) is 5.92 Å². The molecule has 0 saturated carbocycles. The number of carbonyl (C=O) groups is 2. The predicted molar refractivity (Wildman–Crippen MR) is 168 cm³/mol. The Kier molecular flexibility index (Phi) is 9.96. The van der Waals surface area contributed by atoms with E-state index in [1.54, 1.807) is 24.3 Å². The maximum Gasteiger partial charge on any atom is 0.416 e. The summed E-state index contributed by atoms with van der Waals surface area (Å²) in [6.45, 7) is 6.39. The number of aromatic nitrogens is 1. The fourth-order valence-electron chi connectivity index (χ4n) is 5.72. The molecule has 0 spiro atoms. The van der Waals surface area contributed by atoms with Crippen LogP contribution < -0.4 is 5.32 Å². The quantitative estimate of drug-likeness (QED) is 0.181. The number of hydrogen-bond donors (Lipinski definition) is 1. The largest absolute Gasteiger partial charge is 0.416 e. The molecule has 2 unspecified atom stereocenters. The molecule has 2 heterocycles. The summed E-state index contributed by atoms with van der Waals surface area (Å²) >= 11 is 1.48. The second kappa shape index (κ2) is 13.9. The Balaban J connectivity index is 1.12. The SMILES string of the molecule is CC(CCNC(=O)c1ccccc1-c1ccc(C(F)(F)F)cc1)c1nc(C(=O)C2CCN(C(C)c3ccccc3)CC2)cs1. The minimum absolute atomic E-state index is 0.0245. The molecule has 4 aromatic rings. The molecule has 44 heavy (non-hydrogen) atoms. The van der Waals surface area contributed by atoms with Crippen molar-refractivity contribution in [3.63, 3.8) is 0 Å². The summed E-state index contributed by atoms with van der Waals surface area (Å²) in [5.74, 6) is -0.167. The Hall–Kier alpha value is -3.82. The first-order chi connectivity index (χ1) is 21.1. The number of likely N-dealkylation sites (tertiary alicyclic amines) is 1. The first kappa shape index (κ1) is 31.6. The van der Waals surface area contributed by atoms with Crippen LogP contribution in [0.4, 0.5) is 13.2 Å². The fourth-order valence-corrected chi connectivity index (χ4v) is 6.62. The van der Waals surface area contributed by atoms with E-state index in [0.717, 1.165) is 43.1 Å². The van der Waals surface area contributed by atoms with Crippen LogP contribution in [0.25, 0.3) is 11.1 Å². The zero-order valence-corrected chi connectivity index (χ0v) is 25.6. The average molecular weight is 620 g/mol. The lowest BCUT2D eigenvalue weighted by molar-refractivity contribution is -0.137. The molecule has 1 saturated heterocycles. The Labute approximate surface area is 260 Å². The van der Waals surface area contributed by atoms with E-state index in [1.807, 2.05) is 18.4 Å². The third-order valence-corrected chi connectivity index (χ3v) is 9.56. The monoisotopic (exact) mass is 619 g/mol. The second-order valence-electron chi connectivity index (χ2n) is 11.4. The van der Waals surface area contributed by atoms with E-state index in [1.165, 1.54) is 29.0 Å². The van der Waals surface area contributed by atoms with Crippen molar-refractivity contribution in [2.45, 2.75) is 51.2 Å². The van der Waals surface area contributed by atoms with Crippen LogP contribution in [0.2, 0.25) is 0 Å². The van der Waals surface area contributed by atoms with Crippen LogP contribution in [0.5, 0.6) is 0 Å². The van der Waals surface area contributed by atoms with Crippen molar-refractivity contribution in [3.8, 4) is 11.1 Å². The Morgan fingerprint density at radius 1 is 0.955 bits per heavy atom. The van der Waals surface area contributed by atoms with Crippen LogP contribution >= 0.6 is 11.3 Å². The summed E-state index contributed by atoms with van der Waals surface area (Å²) in [5.41, 5.74) is 2.58. The van der Waals surface area contributed by atoms with Gasteiger partial charge in [-0.2, -0.15) is 13.2 Å². The Morgan fingerprint density at radius 2 is 1.61 bits per heavy atom. The third-order valence-electron chi connectivity index (χ3n) is 8.48. The average Bonchev–Trinajstić information content (AvgIpc) is 3.55. The van der Waals surface area contributed by atoms with Crippen molar-refractivity contribution in [1.29, 1.82) is 0 Å². The smallest absolute Gasteiger partial charge is 0.352 e. The molecule has 9 heteroatoms. The molecule has 1 amide bonds. The molecule has 0 radical (unpaired) electrons. The van der Waals surface area contributed by atoms with E-state index in [4.69, 9.17) is 0 Å². The molecule has 5 rings (SSSR count). The number of carbonyl (C=O) groups excluding carboxylic acids is 2. The van der Waals surface area contributed by atoms with Gasteiger partial charge in [0.25, 0.3) is 5.91 Å². The molecular formula is C35H36F3N3O2S. The second-order valence-corrected chi connectivity index (χ2v) is 12.3. The lowest BCUT2D eigenvalue weighted by Crippen LogP contribution is -2.38. The molecule has 1 fully saturated rings. The van der Waals surface area contributed by atoms with E-state index >= 15 is 0 Å². The number of nitrogens with zero attached hydrogens (tertiary/aromatic N) is 2. The summed E-state index contributed by atoms with van der Waals surface area (Å²) < 4.78 is 38.9. The van der Waals surface area contributed by atoms with Crippen LogP contribution in [-0.2, 0) is 6.18 Å². The van der Waals surface area contributed by atoms with Crippen molar-refractivity contribution in [3.05, 3.63) is 112 Å². The van der Waals surface area contributed by atoms with Crippen LogP contribution in [0.3, 0.4) is 0 Å². The molecule has 3 aromatic carbocycles. The summed E-state index contributed by atoms with van der Waals surface area (Å²) in [5, 5.41) is 5.65. The normalized spacial score (nSPS) is 15.9. The summed E-state index contributed by atoms with van der Waals surface area (Å²) in [6.07, 6.45) is -2.15. The van der Waals surface area contributed by atoms with Crippen molar-refractivity contribution in [2.24, 2.45) is 5.92 Å². The molecule has 1 aliphatic heterocycles. The molecule has 230 valence electrons. The van der Waals surface area contributed by atoms with Gasteiger partial charge < -0.3 is 5.32 Å². The van der Waals surface area contributed by atoms with Gasteiger partial charge in [0.2, 0.25) is 0 Å². The van der Waals surface area contributed by atoms with E-state index in [0.29, 0.717) is 41.4 Å². The van der Waals surface area contributed by atoms with Gasteiger partial charge in [0.15, 0.2) is 5.78 Å². The van der Waals surface area contributed by atoms with Gasteiger partial charge in [-0.05, 0) is 74.2 Å². The number of hydrogen-bond acceptors (Lipinski definition) is 5. The van der Waals surface area contributed by atoms with Gasteiger partial charge in [-0.15, -0.1) is 11.3 Å². The number of rotatable bonds is 10. The molecule has 0 bridgehead atoms. The summed E-state index contributed by atoms with van der Waals surface area (Å²) in [7, 11) is 0. The van der Waals surface area contributed by atoms with Crippen LogP contribution in [0.1, 0.15) is 82.1 Å². The Morgan fingerprint density at radius 3 is 2.30 bits per heavy atom. The van der Waals surface area contributed by atoms with E-state index in [9.17, 15) is 22.8 Å². The van der Waals surface area contributed by atoms with Gasteiger partial charge in [-0.3, -0.25) is 14.5 Å². The number of benzene rings is 3. The zero-order chi connectivity index (χ0) is 31.3. The van der Waals surface area contributed by atoms with Crippen molar-refractivity contribution < 1.29 is 22.8 Å². The fraction of sp³-hybridized carbons (Fsp3) is 0.343. The number of halogens is 3. The standard InChI is InChI=1S/C35H36F3N3O2S/c1-23(16-19-39-33(43)30-11-7-6-10-29(30)26-12-14-28(15-13-26)35(36,37)38)34-40-31(22-44-34)32(42)27-17-20-41(21-18-27)24(2)25-8-4-3-5-9-25/h3-15,22-24,27H,16-21H2,1-2H3,(H,39,43). The van der Waals surface area contributed by atoms with Crippen LogP contribution in [-0.4, -0.2) is 41.2 Å². The van der Waals surface area contributed by atoms with Gasteiger partial charge in [0, 0.05) is 35.4 Å². The zero-order valence-electron chi connectivity index (χ0n) is 24.8. The summed E-state index contributed by atoms with van der Waals surface area (Å²) in [6, 6.07) is 22.4. The Bertz CT molecular complexity index is 1560. The maximum absolute atomic E-state index is 13.3. The highest BCUT2D eigenvalue weighted by Gasteiger charge is 2.31. The van der Waals surface area contributed by atoms with Crippen LogP contribution in [0.15, 0.2) is 84.2 Å². The number of piperidine rings is 1. The number of thiazole rings is 1. The van der Waals surface area contributed by atoms with Crippen molar-refractivity contribution in [1.82, 2.24) is 15.2 Å². The number of Topliss-reactive ketones (excluding diaryl/α,β-unsaturated/α-hetero) is 1. The van der Waals surface area contributed by atoms with Gasteiger partial charge in [0.05, 0.1) is 10.6 Å².